The van der Waals surface area contributed by atoms with Crippen LogP contribution in [0.3, 0.4) is 0 Å². The second-order valence-electron chi connectivity index (χ2n) is 4.96. The third kappa shape index (κ3) is 3.71. The molecule has 0 aliphatic carbocycles. The van der Waals surface area contributed by atoms with Gasteiger partial charge in [-0.3, -0.25) is 0 Å². The first-order chi connectivity index (χ1) is 9.24. The molecule has 0 bridgehead atoms. The summed E-state index contributed by atoms with van der Waals surface area (Å²) < 4.78 is 0.958. The lowest BCUT2D eigenvalue weighted by Crippen LogP contribution is -2.44. The zero-order valence-electron chi connectivity index (χ0n) is 11.3. The summed E-state index contributed by atoms with van der Waals surface area (Å²) in [6, 6.07) is 8.78. The van der Waals surface area contributed by atoms with Crippen molar-refractivity contribution in [3.8, 4) is 6.07 Å². The lowest BCUT2D eigenvalue weighted by Gasteiger charge is -2.31. The second-order valence-corrected chi connectivity index (χ2v) is 5.87. The maximum Gasteiger partial charge on any atom is 0.101 e. The minimum absolute atomic E-state index is 0.545. The summed E-state index contributed by atoms with van der Waals surface area (Å²) in [5, 5.41) is 12.8. The van der Waals surface area contributed by atoms with Crippen molar-refractivity contribution in [1.82, 2.24) is 5.32 Å². The van der Waals surface area contributed by atoms with Gasteiger partial charge >= 0.3 is 0 Å². The van der Waals surface area contributed by atoms with E-state index in [1.54, 1.807) is 0 Å². The molecule has 1 aromatic rings. The largest absolute Gasteiger partial charge is 0.369 e. The summed E-state index contributed by atoms with van der Waals surface area (Å²) in [6.45, 7) is 5.17. The first-order valence-corrected chi connectivity index (χ1v) is 7.72. The molecular weight excluding hydrogens is 302 g/mol. The molecule has 1 fully saturated rings. The highest BCUT2D eigenvalue weighted by molar-refractivity contribution is 9.10. The lowest BCUT2D eigenvalue weighted by molar-refractivity contribution is 0.400. The molecule has 2 rings (SSSR count). The number of nitrogens with zero attached hydrogens (tertiary/aromatic N) is 2. The molecule has 0 spiro atoms. The average Bonchev–Trinajstić information content (AvgIpc) is 2.46. The van der Waals surface area contributed by atoms with Gasteiger partial charge in [0.2, 0.25) is 0 Å². The minimum atomic E-state index is 0.545. The van der Waals surface area contributed by atoms with E-state index in [9.17, 15) is 5.26 Å². The summed E-state index contributed by atoms with van der Waals surface area (Å²) in [5.41, 5.74) is 1.78. The molecular formula is C15H20BrN3. The second kappa shape index (κ2) is 6.93. The molecule has 0 radical (unpaired) electrons. The van der Waals surface area contributed by atoms with Crippen LogP contribution < -0.4 is 10.2 Å². The number of nitriles is 1. The minimum Gasteiger partial charge on any atom is -0.369 e. The van der Waals surface area contributed by atoms with Gasteiger partial charge < -0.3 is 10.2 Å². The molecule has 0 aromatic heterocycles. The van der Waals surface area contributed by atoms with Gasteiger partial charge in [0.15, 0.2) is 0 Å². The van der Waals surface area contributed by atoms with Crippen LogP contribution in [-0.4, -0.2) is 25.7 Å². The number of benzene rings is 1. The Morgan fingerprint density at radius 2 is 2.32 bits per heavy atom. The highest BCUT2D eigenvalue weighted by Crippen LogP contribution is 2.24. The molecule has 102 valence electrons. The van der Waals surface area contributed by atoms with Crippen LogP contribution in [-0.2, 0) is 0 Å². The fourth-order valence-corrected chi connectivity index (χ4v) is 2.98. The van der Waals surface area contributed by atoms with Crippen LogP contribution in [0.25, 0.3) is 0 Å². The van der Waals surface area contributed by atoms with Crippen molar-refractivity contribution in [2.24, 2.45) is 0 Å². The highest BCUT2D eigenvalue weighted by Gasteiger charge is 2.18. The molecule has 1 atom stereocenters. The van der Waals surface area contributed by atoms with Crippen LogP contribution in [0.5, 0.6) is 0 Å². The molecule has 19 heavy (non-hydrogen) atoms. The van der Waals surface area contributed by atoms with E-state index in [4.69, 9.17) is 0 Å². The molecule has 1 aromatic carbocycles. The van der Waals surface area contributed by atoms with Crippen molar-refractivity contribution < 1.29 is 0 Å². The lowest BCUT2D eigenvalue weighted by atomic mass is 10.0. The van der Waals surface area contributed by atoms with E-state index in [0.29, 0.717) is 6.04 Å². The monoisotopic (exact) mass is 321 g/mol. The topological polar surface area (TPSA) is 39.1 Å². The Balaban J connectivity index is 2.14. The Hall–Kier alpha value is -1.05. The number of hydrogen-bond acceptors (Lipinski definition) is 3. The predicted octanol–water partition coefficient (Wildman–Crippen LogP) is 3.29. The smallest absolute Gasteiger partial charge is 0.101 e. The number of halogens is 1. The molecule has 1 N–H and O–H groups in total. The van der Waals surface area contributed by atoms with E-state index < -0.39 is 0 Å². The fraction of sp³-hybridized carbons (Fsp3) is 0.533. The predicted molar refractivity (Wildman–Crippen MR) is 82.4 cm³/mol. The maximum atomic E-state index is 9.28. The van der Waals surface area contributed by atoms with Gasteiger partial charge in [0.1, 0.15) is 6.07 Å². The Morgan fingerprint density at radius 1 is 1.47 bits per heavy atom. The third-order valence-electron chi connectivity index (χ3n) is 3.65. The molecule has 1 heterocycles. The van der Waals surface area contributed by atoms with Crippen LogP contribution in [0.2, 0.25) is 0 Å². The quantitative estimate of drug-likeness (QED) is 0.924. The molecule has 1 aliphatic heterocycles. The Bertz CT molecular complexity index is 461. The van der Waals surface area contributed by atoms with Gasteiger partial charge in [-0.1, -0.05) is 22.4 Å². The van der Waals surface area contributed by atoms with E-state index >= 15 is 0 Å². The van der Waals surface area contributed by atoms with Crippen LogP contribution in [0.1, 0.15) is 31.7 Å². The van der Waals surface area contributed by atoms with Gasteiger partial charge in [0.25, 0.3) is 0 Å². The van der Waals surface area contributed by atoms with E-state index in [2.05, 4.69) is 39.1 Å². The van der Waals surface area contributed by atoms with Crippen LogP contribution >= 0.6 is 15.9 Å². The zero-order chi connectivity index (χ0) is 13.7. The van der Waals surface area contributed by atoms with Gasteiger partial charge in [-0.15, -0.1) is 0 Å². The molecule has 1 unspecified atom stereocenters. The van der Waals surface area contributed by atoms with Crippen molar-refractivity contribution in [1.29, 1.82) is 5.26 Å². The zero-order valence-corrected chi connectivity index (χ0v) is 12.9. The van der Waals surface area contributed by atoms with Crippen molar-refractivity contribution in [2.75, 3.05) is 24.5 Å². The summed E-state index contributed by atoms with van der Waals surface area (Å²) in [5.74, 6) is 0. The van der Waals surface area contributed by atoms with Gasteiger partial charge in [0, 0.05) is 23.6 Å². The first kappa shape index (κ1) is 14.4. The standard InChI is InChI=1S/C15H20BrN3/c1-2-19(11-14-5-3-4-8-18-14)15-7-6-13(16)9-12(15)10-17/h6-7,9,14,18H,2-5,8,11H2,1H3. The van der Waals surface area contributed by atoms with Crippen LogP contribution in [0.4, 0.5) is 5.69 Å². The summed E-state index contributed by atoms with van der Waals surface area (Å²) in [4.78, 5) is 2.30. The first-order valence-electron chi connectivity index (χ1n) is 6.92. The fourth-order valence-electron chi connectivity index (χ4n) is 2.62. The van der Waals surface area contributed by atoms with E-state index in [1.807, 2.05) is 18.2 Å². The van der Waals surface area contributed by atoms with Crippen molar-refractivity contribution in [3.63, 3.8) is 0 Å². The summed E-state index contributed by atoms with van der Waals surface area (Å²) in [6.07, 6.45) is 3.82. The SMILES string of the molecule is CCN(CC1CCCCN1)c1ccc(Br)cc1C#N. The normalized spacial score (nSPS) is 18.9. The van der Waals surface area contributed by atoms with Crippen molar-refractivity contribution in [2.45, 2.75) is 32.2 Å². The van der Waals surface area contributed by atoms with Crippen LogP contribution in [0.15, 0.2) is 22.7 Å². The Labute approximate surface area is 123 Å². The van der Waals surface area contributed by atoms with Gasteiger partial charge in [-0.2, -0.15) is 5.26 Å². The van der Waals surface area contributed by atoms with E-state index in [0.717, 1.165) is 35.4 Å². The number of anilines is 1. The number of likely N-dealkylation sites (N-methyl/N-ethyl adjacent to an activating group) is 1. The Kier molecular flexibility index (Phi) is 5.24. The third-order valence-corrected chi connectivity index (χ3v) is 4.15. The summed E-state index contributed by atoms with van der Waals surface area (Å²) in [7, 11) is 0. The van der Waals surface area contributed by atoms with Gasteiger partial charge in [0.05, 0.1) is 11.3 Å². The molecule has 3 nitrogen and oxygen atoms in total. The Morgan fingerprint density at radius 3 is 2.95 bits per heavy atom. The number of hydrogen-bond donors (Lipinski definition) is 1. The van der Waals surface area contributed by atoms with Gasteiger partial charge in [-0.25, -0.2) is 0 Å². The van der Waals surface area contributed by atoms with Crippen LogP contribution in [0, 0.1) is 11.3 Å². The average molecular weight is 322 g/mol. The van der Waals surface area contributed by atoms with E-state index in [-0.39, 0.29) is 0 Å². The highest BCUT2D eigenvalue weighted by atomic mass is 79.9. The maximum absolute atomic E-state index is 9.28. The molecule has 0 amide bonds. The number of nitrogens with one attached hydrogen (secondary N) is 1. The molecule has 1 aliphatic rings. The molecule has 0 saturated carbocycles. The molecule has 1 saturated heterocycles. The van der Waals surface area contributed by atoms with Crippen molar-refractivity contribution in [3.05, 3.63) is 28.2 Å². The number of piperidine rings is 1. The van der Waals surface area contributed by atoms with Crippen molar-refractivity contribution >= 4 is 21.6 Å². The number of rotatable bonds is 4. The summed E-state index contributed by atoms with van der Waals surface area (Å²) >= 11 is 3.42. The molecule has 4 heteroatoms. The van der Waals surface area contributed by atoms with E-state index in [1.165, 1.54) is 19.3 Å². The van der Waals surface area contributed by atoms with Gasteiger partial charge in [-0.05, 0) is 44.5 Å².